The summed E-state index contributed by atoms with van der Waals surface area (Å²) in [6.07, 6.45) is 4.39. The van der Waals surface area contributed by atoms with Crippen molar-refractivity contribution in [2.75, 3.05) is 13.7 Å². The molecule has 0 bridgehead atoms. The summed E-state index contributed by atoms with van der Waals surface area (Å²) < 4.78 is 10.3. The van der Waals surface area contributed by atoms with Gasteiger partial charge in [-0.3, -0.25) is 9.59 Å². The number of methoxy groups -OCH3 is 1. The molecule has 2 atom stereocenters. The second kappa shape index (κ2) is 5.90. The Morgan fingerprint density at radius 2 is 2.10 bits per heavy atom. The molecule has 1 aliphatic carbocycles. The number of benzene rings is 1. The number of rotatable bonds is 6. The van der Waals surface area contributed by atoms with Crippen molar-refractivity contribution in [2.24, 2.45) is 5.41 Å². The van der Waals surface area contributed by atoms with Gasteiger partial charge < -0.3 is 9.47 Å². The summed E-state index contributed by atoms with van der Waals surface area (Å²) >= 11 is 0. The number of allylic oxidation sites excluding steroid dienone is 1. The van der Waals surface area contributed by atoms with Crippen LogP contribution in [0.25, 0.3) is 0 Å². The van der Waals surface area contributed by atoms with Crippen LogP contribution in [0.3, 0.4) is 0 Å². The van der Waals surface area contributed by atoms with Gasteiger partial charge in [0.25, 0.3) is 0 Å². The molecular formula is C16H18O4. The molecule has 1 aromatic rings. The van der Waals surface area contributed by atoms with Crippen LogP contribution in [-0.2, 0) is 14.3 Å². The zero-order valence-corrected chi connectivity index (χ0v) is 11.7. The molecule has 1 fully saturated rings. The van der Waals surface area contributed by atoms with Crippen molar-refractivity contribution in [2.45, 2.75) is 19.3 Å². The molecule has 20 heavy (non-hydrogen) atoms. The largest absolute Gasteiger partial charge is 0.497 e. The Labute approximate surface area is 118 Å². The van der Waals surface area contributed by atoms with Crippen molar-refractivity contribution < 1.29 is 19.1 Å². The average molecular weight is 274 g/mol. The van der Waals surface area contributed by atoms with E-state index in [2.05, 4.69) is 0 Å². The molecule has 4 heteroatoms. The van der Waals surface area contributed by atoms with Gasteiger partial charge in [0.1, 0.15) is 12.0 Å². The van der Waals surface area contributed by atoms with E-state index in [0.29, 0.717) is 19.3 Å². The molecular weight excluding hydrogens is 256 g/mol. The highest BCUT2D eigenvalue weighted by atomic mass is 16.5. The van der Waals surface area contributed by atoms with Gasteiger partial charge in [0.15, 0.2) is 0 Å². The van der Waals surface area contributed by atoms with Gasteiger partial charge in [-0.05, 0) is 37.1 Å². The van der Waals surface area contributed by atoms with E-state index in [9.17, 15) is 9.59 Å². The zero-order valence-electron chi connectivity index (χ0n) is 11.7. The summed E-state index contributed by atoms with van der Waals surface area (Å²) in [5.74, 6) is 0.571. The van der Waals surface area contributed by atoms with Gasteiger partial charge in [0.05, 0.1) is 19.1 Å². The molecule has 0 amide bonds. The van der Waals surface area contributed by atoms with Crippen molar-refractivity contribution >= 4 is 12.3 Å². The fourth-order valence-corrected chi connectivity index (χ4v) is 2.48. The number of ether oxygens (including phenoxy) is 2. The lowest BCUT2D eigenvalue weighted by Crippen LogP contribution is -2.19. The molecule has 0 radical (unpaired) electrons. The van der Waals surface area contributed by atoms with Gasteiger partial charge in [0, 0.05) is 5.92 Å². The van der Waals surface area contributed by atoms with E-state index in [4.69, 9.17) is 9.47 Å². The monoisotopic (exact) mass is 274 g/mol. The maximum Gasteiger partial charge on any atom is 0.316 e. The van der Waals surface area contributed by atoms with E-state index >= 15 is 0 Å². The van der Waals surface area contributed by atoms with Crippen LogP contribution in [0, 0.1) is 5.41 Å². The SMILES string of the molecule is CCOC(=O)[C@@]1(/C=C/C=O)C[C@@H]1c1ccc(OC)cc1. The quantitative estimate of drug-likeness (QED) is 0.454. The van der Waals surface area contributed by atoms with E-state index in [0.717, 1.165) is 11.3 Å². The summed E-state index contributed by atoms with van der Waals surface area (Å²) in [5, 5.41) is 0. The maximum atomic E-state index is 12.1. The third-order valence-electron chi connectivity index (χ3n) is 3.65. The highest BCUT2D eigenvalue weighted by molar-refractivity contribution is 5.86. The molecule has 4 nitrogen and oxygen atoms in total. The Morgan fingerprint density at radius 3 is 2.65 bits per heavy atom. The first-order valence-corrected chi connectivity index (χ1v) is 6.62. The van der Waals surface area contributed by atoms with E-state index in [-0.39, 0.29) is 11.9 Å². The highest BCUT2D eigenvalue weighted by Crippen LogP contribution is 2.61. The van der Waals surface area contributed by atoms with Crippen LogP contribution in [0.4, 0.5) is 0 Å². The molecule has 0 heterocycles. The van der Waals surface area contributed by atoms with Gasteiger partial charge in [-0.15, -0.1) is 0 Å². The molecule has 0 N–H and O–H groups in total. The molecule has 1 aliphatic rings. The van der Waals surface area contributed by atoms with Crippen LogP contribution in [0.15, 0.2) is 36.4 Å². The molecule has 0 aliphatic heterocycles. The fraction of sp³-hybridized carbons (Fsp3) is 0.375. The van der Waals surface area contributed by atoms with Crippen molar-refractivity contribution in [3.63, 3.8) is 0 Å². The van der Waals surface area contributed by atoms with Gasteiger partial charge in [-0.25, -0.2) is 0 Å². The third-order valence-corrected chi connectivity index (χ3v) is 3.65. The van der Waals surface area contributed by atoms with Crippen LogP contribution in [-0.4, -0.2) is 26.0 Å². The molecule has 0 spiro atoms. The van der Waals surface area contributed by atoms with E-state index in [1.54, 1.807) is 20.1 Å². The van der Waals surface area contributed by atoms with Crippen LogP contribution >= 0.6 is 0 Å². The minimum absolute atomic E-state index is 0.0589. The predicted molar refractivity (Wildman–Crippen MR) is 74.6 cm³/mol. The van der Waals surface area contributed by atoms with Gasteiger partial charge in [0.2, 0.25) is 0 Å². The minimum atomic E-state index is -0.689. The number of carbonyl (C=O) groups excluding carboxylic acids is 2. The summed E-state index contributed by atoms with van der Waals surface area (Å²) in [7, 11) is 1.61. The summed E-state index contributed by atoms with van der Waals surface area (Å²) in [4.78, 5) is 22.7. The number of carbonyl (C=O) groups is 2. The normalized spacial score (nSPS) is 24.4. The van der Waals surface area contributed by atoms with Crippen molar-refractivity contribution in [3.05, 3.63) is 42.0 Å². The molecule has 0 unspecified atom stereocenters. The molecule has 2 rings (SSSR count). The van der Waals surface area contributed by atoms with Crippen molar-refractivity contribution in [3.8, 4) is 5.75 Å². The Balaban J connectivity index is 2.22. The topological polar surface area (TPSA) is 52.6 Å². The molecule has 0 saturated heterocycles. The Morgan fingerprint density at radius 1 is 1.40 bits per heavy atom. The molecule has 1 aromatic carbocycles. The smallest absolute Gasteiger partial charge is 0.316 e. The Hall–Kier alpha value is -2.10. The lowest BCUT2D eigenvalue weighted by Gasteiger charge is -2.12. The lowest BCUT2D eigenvalue weighted by molar-refractivity contribution is -0.147. The maximum absolute atomic E-state index is 12.1. The zero-order chi connectivity index (χ0) is 14.6. The number of hydrogen-bond acceptors (Lipinski definition) is 4. The van der Waals surface area contributed by atoms with Crippen LogP contribution in [0.1, 0.15) is 24.8 Å². The van der Waals surface area contributed by atoms with Crippen LogP contribution in [0.5, 0.6) is 5.75 Å². The van der Waals surface area contributed by atoms with E-state index in [1.807, 2.05) is 24.3 Å². The van der Waals surface area contributed by atoms with Crippen LogP contribution < -0.4 is 4.74 Å². The Kier molecular flexibility index (Phi) is 4.23. The molecule has 0 aromatic heterocycles. The summed E-state index contributed by atoms with van der Waals surface area (Å²) in [6, 6.07) is 7.62. The van der Waals surface area contributed by atoms with E-state index < -0.39 is 5.41 Å². The first-order valence-electron chi connectivity index (χ1n) is 6.62. The second-order valence-corrected chi connectivity index (χ2v) is 4.79. The van der Waals surface area contributed by atoms with Gasteiger partial charge >= 0.3 is 5.97 Å². The molecule has 106 valence electrons. The van der Waals surface area contributed by atoms with Crippen molar-refractivity contribution in [1.29, 1.82) is 0 Å². The standard InChI is InChI=1S/C16H18O4/c1-3-20-15(18)16(9-4-10-17)11-14(16)12-5-7-13(19-2)8-6-12/h4-10,14H,3,11H2,1-2H3/b9-4+/t14-,16+/m1/s1. The predicted octanol–water partition coefficient (Wildman–Crippen LogP) is 2.49. The number of hydrogen-bond donors (Lipinski definition) is 0. The van der Waals surface area contributed by atoms with Crippen LogP contribution in [0.2, 0.25) is 0 Å². The number of aldehydes is 1. The lowest BCUT2D eigenvalue weighted by atomic mass is 9.98. The van der Waals surface area contributed by atoms with Gasteiger partial charge in [-0.1, -0.05) is 18.2 Å². The average Bonchev–Trinajstić information content (AvgIpc) is 3.21. The first kappa shape index (κ1) is 14.3. The van der Waals surface area contributed by atoms with Crippen molar-refractivity contribution in [1.82, 2.24) is 0 Å². The van der Waals surface area contributed by atoms with Gasteiger partial charge in [-0.2, -0.15) is 0 Å². The minimum Gasteiger partial charge on any atom is -0.497 e. The fourth-order valence-electron chi connectivity index (χ4n) is 2.48. The van der Waals surface area contributed by atoms with E-state index in [1.165, 1.54) is 6.08 Å². The Bertz CT molecular complexity index is 518. The summed E-state index contributed by atoms with van der Waals surface area (Å²) in [6.45, 7) is 2.12. The third kappa shape index (κ3) is 2.59. The first-order chi connectivity index (χ1) is 9.67. The summed E-state index contributed by atoms with van der Waals surface area (Å²) in [5.41, 5.74) is 0.361. The highest BCUT2D eigenvalue weighted by Gasteiger charge is 2.59. The second-order valence-electron chi connectivity index (χ2n) is 4.79. The molecule has 1 saturated carbocycles. The number of esters is 1.